The second kappa shape index (κ2) is 4.69. The van der Waals surface area contributed by atoms with Crippen molar-refractivity contribution < 1.29 is 5.11 Å². The molecule has 0 aromatic carbocycles. The first-order valence-electron chi connectivity index (χ1n) is 4.12. The number of aliphatic hydroxyl groups is 1. The van der Waals surface area contributed by atoms with Crippen molar-refractivity contribution in [3.8, 4) is 0 Å². The lowest BCUT2D eigenvalue weighted by atomic mass is 10.1. The molecule has 1 fully saturated rings. The first kappa shape index (κ1) is 8.02. The van der Waals surface area contributed by atoms with Crippen LogP contribution in [-0.2, 0) is 0 Å². The Morgan fingerprint density at radius 1 is 1.20 bits per heavy atom. The van der Waals surface area contributed by atoms with Crippen LogP contribution in [0.15, 0.2) is 0 Å². The number of hydrogen-bond donors (Lipinski definition) is 1. The Hall–Kier alpha value is -0.0800. The SMILES string of the molecule is OCC[CH]N1CCCCC1. The lowest BCUT2D eigenvalue weighted by Gasteiger charge is -2.25. The van der Waals surface area contributed by atoms with Gasteiger partial charge in [0.1, 0.15) is 0 Å². The third-order valence-corrected chi connectivity index (χ3v) is 1.91. The highest BCUT2D eigenvalue weighted by molar-refractivity contribution is 4.71. The molecule has 0 saturated carbocycles. The smallest absolute Gasteiger partial charge is 0.0446 e. The molecule has 0 aromatic heterocycles. The summed E-state index contributed by atoms with van der Waals surface area (Å²) in [4.78, 5) is 2.32. The Labute approximate surface area is 62.8 Å². The van der Waals surface area contributed by atoms with E-state index in [0.717, 1.165) is 6.42 Å². The van der Waals surface area contributed by atoms with Gasteiger partial charge in [0.2, 0.25) is 0 Å². The summed E-state index contributed by atoms with van der Waals surface area (Å²) in [6.07, 6.45) is 4.84. The number of rotatable bonds is 3. The maximum atomic E-state index is 8.54. The van der Waals surface area contributed by atoms with E-state index in [1.807, 2.05) is 0 Å². The van der Waals surface area contributed by atoms with Crippen LogP contribution >= 0.6 is 0 Å². The molecule has 0 atom stereocenters. The third-order valence-electron chi connectivity index (χ3n) is 1.91. The van der Waals surface area contributed by atoms with Gasteiger partial charge in [-0.25, -0.2) is 0 Å². The third kappa shape index (κ3) is 2.67. The van der Waals surface area contributed by atoms with Crippen LogP contribution in [0.2, 0.25) is 0 Å². The standard InChI is InChI=1S/C8H16NO/c10-8-4-7-9-5-2-1-3-6-9/h7,10H,1-6,8H2. The van der Waals surface area contributed by atoms with Crippen LogP contribution in [0.5, 0.6) is 0 Å². The Morgan fingerprint density at radius 3 is 2.50 bits per heavy atom. The van der Waals surface area contributed by atoms with Crippen molar-refractivity contribution in [3.63, 3.8) is 0 Å². The summed E-state index contributed by atoms with van der Waals surface area (Å²) >= 11 is 0. The van der Waals surface area contributed by atoms with Gasteiger partial charge in [0.15, 0.2) is 0 Å². The van der Waals surface area contributed by atoms with Gasteiger partial charge in [0.25, 0.3) is 0 Å². The molecule has 1 saturated heterocycles. The number of piperidine rings is 1. The molecule has 0 aliphatic carbocycles. The molecule has 1 rings (SSSR count). The molecular weight excluding hydrogens is 126 g/mol. The van der Waals surface area contributed by atoms with E-state index in [4.69, 9.17) is 5.11 Å². The van der Waals surface area contributed by atoms with Gasteiger partial charge in [-0.15, -0.1) is 0 Å². The van der Waals surface area contributed by atoms with Gasteiger partial charge in [0.05, 0.1) is 0 Å². The van der Waals surface area contributed by atoms with E-state index in [1.54, 1.807) is 0 Å². The molecule has 2 nitrogen and oxygen atoms in total. The predicted octanol–water partition coefficient (Wildman–Crippen LogP) is 1.02. The van der Waals surface area contributed by atoms with Crippen molar-refractivity contribution in [3.05, 3.63) is 6.54 Å². The lowest BCUT2D eigenvalue weighted by molar-refractivity contribution is 0.237. The van der Waals surface area contributed by atoms with E-state index >= 15 is 0 Å². The molecule has 0 aromatic rings. The Bertz CT molecular complexity index is 79.3. The quantitative estimate of drug-likeness (QED) is 0.636. The van der Waals surface area contributed by atoms with Gasteiger partial charge >= 0.3 is 0 Å². The van der Waals surface area contributed by atoms with E-state index in [0.29, 0.717) is 0 Å². The monoisotopic (exact) mass is 142 g/mol. The summed E-state index contributed by atoms with van der Waals surface area (Å²) < 4.78 is 0. The van der Waals surface area contributed by atoms with Crippen LogP contribution in [0.3, 0.4) is 0 Å². The molecule has 1 N–H and O–H groups in total. The fourth-order valence-corrected chi connectivity index (χ4v) is 1.34. The van der Waals surface area contributed by atoms with Gasteiger partial charge in [-0.1, -0.05) is 6.42 Å². The lowest BCUT2D eigenvalue weighted by Crippen LogP contribution is -2.27. The molecule has 1 heterocycles. The molecule has 0 bridgehead atoms. The average molecular weight is 142 g/mol. The van der Waals surface area contributed by atoms with Crippen molar-refractivity contribution in [2.24, 2.45) is 0 Å². The Kier molecular flexibility index (Phi) is 3.76. The van der Waals surface area contributed by atoms with Gasteiger partial charge in [-0.2, -0.15) is 0 Å². The first-order valence-corrected chi connectivity index (χ1v) is 4.12. The molecule has 0 amide bonds. The molecule has 0 unspecified atom stereocenters. The number of aliphatic hydroxyl groups excluding tert-OH is 1. The summed E-state index contributed by atoms with van der Waals surface area (Å²) in [5, 5.41) is 8.54. The van der Waals surface area contributed by atoms with Crippen LogP contribution in [-0.4, -0.2) is 29.7 Å². The molecule has 59 valence electrons. The number of nitrogens with zero attached hydrogens (tertiary/aromatic N) is 1. The van der Waals surface area contributed by atoms with Crippen molar-refractivity contribution in [1.29, 1.82) is 0 Å². The predicted molar refractivity (Wildman–Crippen MR) is 41.4 cm³/mol. The average Bonchev–Trinajstić information content (AvgIpc) is 2.03. The molecule has 0 spiro atoms. The van der Waals surface area contributed by atoms with E-state index in [-0.39, 0.29) is 6.61 Å². The first-order chi connectivity index (χ1) is 4.93. The maximum absolute atomic E-state index is 8.54. The van der Waals surface area contributed by atoms with Crippen LogP contribution < -0.4 is 0 Å². The van der Waals surface area contributed by atoms with Gasteiger partial charge in [0, 0.05) is 13.2 Å². The highest BCUT2D eigenvalue weighted by Gasteiger charge is 2.08. The van der Waals surface area contributed by atoms with Gasteiger partial charge in [-0.05, 0) is 32.4 Å². The number of likely N-dealkylation sites (tertiary alicyclic amines) is 1. The molecule has 1 aliphatic heterocycles. The zero-order valence-corrected chi connectivity index (χ0v) is 6.42. The summed E-state index contributed by atoms with van der Waals surface area (Å²) in [7, 11) is 0. The fourth-order valence-electron chi connectivity index (χ4n) is 1.34. The Morgan fingerprint density at radius 2 is 1.90 bits per heavy atom. The zero-order chi connectivity index (χ0) is 7.23. The van der Waals surface area contributed by atoms with Crippen molar-refractivity contribution in [2.45, 2.75) is 25.7 Å². The molecular formula is C8H16NO. The topological polar surface area (TPSA) is 23.5 Å². The van der Waals surface area contributed by atoms with E-state index in [9.17, 15) is 0 Å². The highest BCUT2D eigenvalue weighted by atomic mass is 16.3. The molecule has 10 heavy (non-hydrogen) atoms. The summed E-state index contributed by atoms with van der Waals surface area (Å²) in [5.74, 6) is 0. The zero-order valence-electron chi connectivity index (χ0n) is 6.42. The van der Waals surface area contributed by atoms with Gasteiger partial charge < -0.3 is 5.11 Å². The fraction of sp³-hybridized carbons (Fsp3) is 0.875. The van der Waals surface area contributed by atoms with Crippen LogP contribution in [0.1, 0.15) is 25.7 Å². The van der Waals surface area contributed by atoms with Crippen molar-refractivity contribution in [2.75, 3.05) is 19.7 Å². The van der Waals surface area contributed by atoms with Crippen LogP contribution in [0, 0.1) is 6.54 Å². The van der Waals surface area contributed by atoms with E-state index in [2.05, 4.69) is 11.4 Å². The minimum absolute atomic E-state index is 0.288. The summed E-state index contributed by atoms with van der Waals surface area (Å²) in [6, 6.07) is 0. The molecule has 2 heteroatoms. The summed E-state index contributed by atoms with van der Waals surface area (Å²) in [5.41, 5.74) is 0. The van der Waals surface area contributed by atoms with E-state index in [1.165, 1.54) is 32.4 Å². The second-order valence-corrected chi connectivity index (χ2v) is 2.79. The van der Waals surface area contributed by atoms with Crippen LogP contribution in [0.25, 0.3) is 0 Å². The highest BCUT2D eigenvalue weighted by Crippen LogP contribution is 2.10. The van der Waals surface area contributed by atoms with E-state index < -0.39 is 0 Å². The Balaban J connectivity index is 2.02. The normalized spacial score (nSPS) is 21.3. The minimum Gasteiger partial charge on any atom is -0.396 e. The largest absolute Gasteiger partial charge is 0.396 e. The van der Waals surface area contributed by atoms with Crippen molar-refractivity contribution >= 4 is 0 Å². The minimum atomic E-state index is 0.288. The second-order valence-electron chi connectivity index (χ2n) is 2.79. The maximum Gasteiger partial charge on any atom is 0.0446 e. The van der Waals surface area contributed by atoms with Crippen LogP contribution in [0.4, 0.5) is 0 Å². The molecule has 1 aliphatic rings. The van der Waals surface area contributed by atoms with Crippen molar-refractivity contribution in [1.82, 2.24) is 4.90 Å². The van der Waals surface area contributed by atoms with Gasteiger partial charge in [-0.3, -0.25) is 4.90 Å². The number of hydrogen-bond acceptors (Lipinski definition) is 2. The molecule has 1 radical (unpaired) electrons. The summed E-state index contributed by atoms with van der Waals surface area (Å²) in [6.45, 7) is 4.80.